The van der Waals surface area contributed by atoms with Gasteiger partial charge in [0, 0.05) is 48.3 Å². The van der Waals surface area contributed by atoms with Crippen molar-refractivity contribution >= 4 is 22.6 Å². The predicted molar refractivity (Wildman–Crippen MR) is 126 cm³/mol. The summed E-state index contributed by atoms with van der Waals surface area (Å²) in [7, 11) is 3.22. The minimum atomic E-state index is -0.140. The van der Waals surface area contributed by atoms with E-state index in [1.807, 2.05) is 42.5 Å². The molecule has 7 nitrogen and oxygen atoms in total. The lowest BCUT2D eigenvalue weighted by Crippen LogP contribution is -2.18. The maximum absolute atomic E-state index is 11.9. The zero-order valence-corrected chi connectivity index (χ0v) is 18.3. The third-order valence-electron chi connectivity index (χ3n) is 5.41. The van der Waals surface area contributed by atoms with Gasteiger partial charge in [0.25, 0.3) is 5.91 Å². The lowest BCUT2D eigenvalue weighted by atomic mass is 9.98. The minimum Gasteiger partial charge on any atom is -0.496 e. The van der Waals surface area contributed by atoms with Crippen molar-refractivity contribution in [2.24, 2.45) is 0 Å². The summed E-state index contributed by atoms with van der Waals surface area (Å²) in [5, 5.41) is 7.09. The third kappa shape index (κ3) is 4.51. The Morgan fingerprint density at radius 3 is 2.75 bits per heavy atom. The van der Waals surface area contributed by atoms with Crippen LogP contribution in [0, 0.1) is 0 Å². The van der Waals surface area contributed by atoms with Crippen LogP contribution in [0.15, 0.2) is 67.1 Å². The van der Waals surface area contributed by atoms with Crippen molar-refractivity contribution in [3.05, 3.63) is 78.2 Å². The first-order valence-electron chi connectivity index (χ1n) is 10.4. The summed E-state index contributed by atoms with van der Waals surface area (Å²) in [6.07, 6.45) is 3.35. The molecule has 0 aliphatic rings. The summed E-state index contributed by atoms with van der Waals surface area (Å²) in [4.78, 5) is 25.1. The van der Waals surface area contributed by atoms with Gasteiger partial charge in [-0.1, -0.05) is 25.1 Å². The fraction of sp³-hybridized carbons (Fsp3) is 0.200. The summed E-state index contributed by atoms with van der Waals surface area (Å²) < 4.78 is 5.53. The summed E-state index contributed by atoms with van der Waals surface area (Å²) in [5.41, 5.74) is 4.39. The highest BCUT2D eigenvalue weighted by molar-refractivity contribution is 5.94. The number of hydrogen-bond acceptors (Lipinski definition) is 6. The van der Waals surface area contributed by atoms with Crippen molar-refractivity contribution in [1.29, 1.82) is 0 Å². The maximum Gasteiger partial charge on any atom is 0.251 e. The number of nitrogens with one attached hydrogen (secondary N) is 2. The van der Waals surface area contributed by atoms with E-state index in [-0.39, 0.29) is 11.8 Å². The topological polar surface area (TPSA) is 89.0 Å². The van der Waals surface area contributed by atoms with Gasteiger partial charge in [0.2, 0.25) is 0 Å². The standard InChI is InChI=1S/C25H25N5O2/c1-16(20-8-6-19(25(31)26-2)12-23(20)32-3)14-28-24-13-22(29-15-30-24)18-7-9-21-17(11-18)5-4-10-27-21/h4-13,15-16H,14H2,1-3H3,(H,26,31)(H,28,29,30)/t16-/m1/s1. The van der Waals surface area contributed by atoms with Gasteiger partial charge >= 0.3 is 0 Å². The van der Waals surface area contributed by atoms with E-state index >= 15 is 0 Å². The van der Waals surface area contributed by atoms with E-state index < -0.39 is 0 Å². The number of rotatable bonds is 7. The number of anilines is 1. The van der Waals surface area contributed by atoms with Crippen molar-refractivity contribution in [2.75, 3.05) is 26.0 Å². The third-order valence-corrected chi connectivity index (χ3v) is 5.41. The van der Waals surface area contributed by atoms with Crippen LogP contribution in [0.1, 0.15) is 28.8 Å². The summed E-state index contributed by atoms with van der Waals surface area (Å²) in [5.74, 6) is 1.43. The Morgan fingerprint density at radius 1 is 1.06 bits per heavy atom. The fourth-order valence-corrected chi connectivity index (χ4v) is 3.62. The molecule has 1 amide bonds. The van der Waals surface area contributed by atoms with Crippen LogP contribution >= 0.6 is 0 Å². The molecular formula is C25H25N5O2. The zero-order chi connectivity index (χ0) is 22.5. The van der Waals surface area contributed by atoms with E-state index in [0.29, 0.717) is 17.9 Å². The Hall–Kier alpha value is -4.00. The maximum atomic E-state index is 11.9. The summed E-state index contributed by atoms with van der Waals surface area (Å²) in [6.45, 7) is 2.75. The van der Waals surface area contributed by atoms with Crippen LogP contribution in [0.25, 0.3) is 22.2 Å². The number of methoxy groups -OCH3 is 1. The monoisotopic (exact) mass is 427 g/mol. The number of carbonyl (C=O) groups excluding carboxylic acids is 1. The van der Waals surface area contributed by atoms with Crippen molar-refractivity contribution in [1.82, 2.24) is 20.3 Å². The first kappa shape index (κ1) is 21.2. The molecule has 0 aliphatic carbocycles. The smallest absolute Gasteiger partial charge is 0.251 e. The Bertz CT molecular complexity index is 1260. The van der Waals surface area contributed by atoms with E-state index in [9.17, 15) is 4.79 Å². The molecule has 2 aromatic heterocycles. The van der Waals surface area contributed by atoms with E-state index in [2.05, 4.69) is 38.6 Å². The Kier molecular flexibility index (Phi) is 6.26. The van der Waals surface area contributed by atoms with E-state index in [1.54, 1.807) is 32.7 Å². The first-order valence-corrected chi connectivity index (χ1v) is 10.4. The molecule has 32 heavy (non-hydrogen) atoms. The van der Waals surface area contributed by atoms with Gasteiger partial charge in [-0.2, -0.15) is 0 Å². The highest BCUT2D eigenvalue weighted by Crippen LogP contribution is 2.28. The molecule has 0 saturated carbocycles. The van der Waals surface area contributed by atoms with Crippen molar-refractivity contribution in [3.8, 4) is 17.0 Å². The molecule has 0 spiro atoms. The molecule has 7 heteroatoms. The quantitative estimate of drug-likeness (QED) is 0.458. The molecule has 162 valence electrons. The number of carbonyl (C=O) groups is 1. The van der Waals surface area contributed by atoms with Gasteiger partial charge in [-0.25, -0.2) is 9.97 Å². The molecule has 1 atom stereocenters. The van der Waals surface area contributed by atoms with E-state index in [1.165, 1.54) is 0 Å². The van der Waals surface area contributed by atoms with Crippen molar-refractivity contribution < 1.29 is 9.53 Å². The number of fused-ring (bicyclic) bond motifs is 1. The number of aromatic nitrogens is 3. The largest absolute Gasteiger partial charge is 0.496 e. The molecule has 4 rings (SSSR count). The molecule has 2 N–H and O–H groups in total. The Morgan fingerprint density at radius 2 is 1.94 bits per heavy atom. The molecule has 0 aliphatic heterocycles. The van der Waals surface area contributed by atoms with Crippen LogP contribution in [0.4, 0.5) is 5.82 Å². The SMILES string of the molecule is CNC(=O)c1ccc([C@H](C)CNc2cc(-c3ccc4ncccc4c3)ncn2)c(OC)c1. The van der Waals surface area contributed by atoms with Crippen LogP contribution in [-0.2, 0) is 0 Å². The van der Waals surface area contributed by atoms with Crippen LogP contribution in [0.3, 0.4) is 0 Å². The second kappa shape index (κ2) is 9.43. The second-order valence-corrected chi connectivity index (χ2v) is 7.52. The number of amides is 1. The van der Waals surface area contributed by atoms with Gasteiger partial charge in [0.15, 0.2) is 0 Å². The first-order chi connectivity index (χ1) is 15.6. The lowest BCUT2D eigenvalue weighted by molar-refractivity contribution is 0.0962. The van der Waals surface area contributed by atoms with E-state index in [0.717, 1.165) is 33.5 Å². The highest BCUT2D eigenvalue weighted by Gasteiger charge is 2.15. The van der Waals surface area contributed by atoms with Crippen molar-refractivity contribution in [2.45, 2.75) is 12.8 Å². The molecule has 0 unspecified atom stereocenters. The Labute approximate surface area is 186 Å². The lowest BCUT2D eigenvalue weighted by Gasteiger charge is -2.17. The number of pyridine rings is 1. The molecule has 0 fully saturated rings. The van der Waals surface area contributed by atoms with Crippen LogP contribution in [-0.4, -0.2) is 41.6 Å². The van der Waals surface area contributed by atoms with E-state index in [4.69, 9.17) is 4.74 Å². The number of hydrogen-bond donors (Lipinski definition) is 2. The average molecular weight is 428 g/mol. The van der Waals surface area contributed by atoms with Gasteiger partial charge in [-0.05, 0) is 35.9 Å². The summed E-state index contributed by atoms with van der Waals surface area (Å²) >= 11 is 0. The molecule has 0 bridgehead atoms. The van der Waals surface area contributed by atoms with Crippen LogP contribution in [0.2, 0.25) is 0 Å². The van der Waals surface area contributed by atoms with Gasteiger partial charge in [0.05, 0.1) is 18.3 Å². The van der Waals surface area contributed by atoms with Gasteiger partial charge in [0.1, 0.15) is 17.9 Å². The molecule has 2 aromatic carbocycles. The molecular weight excluding hydrogens is 402 g/mol. The number of benzene rings is 2. The summed E-state index contributed by atoms with van der Waals surface area (Å²) in [6, 6.07) is 17.5. The second-order valence-electron chi connectivity index (χ2n) is 7.52. The van der Waals surface area contributed by atoms with Crippen LogP contribution < -0.4 is 15.4 Å². The zero-order valence-electron chi connectivity index (χ0n) is 18.3. The molecule has 0 radical (unpaired) electrons. The number of nitrogens with zero attached hydrogens (tertiary/aromatic N) is 3. The molecule has 0 saturated heterocycles. The van der Waals surface area contributed by atoms with Crippen molar-refractivity contribution in [3.63, 3.8) is 0 Å². The van der Waals surface area contributed by atoms with Gasteiger partial charge in [-0.15, -0.1) is 0 Å². The fourth-order valence-electron chi connectivity index (χ4n) is 3.62. The highest BCUT2D eigenvalue weighted by atomic mass is 16.5. The Balaban J connectivity index is 1.50. The molecule has 4 aromatic rings. The average Bonchev–Trinajstić information content (AvgIpc) is 2.86. The molecule has 2 heterocycles. The minimum absolute atomic E-state index is 0.133. The van der Waals surface area contributed by atoms with Gasteiger partial charge < -0.3 is 15.4 Å². The normalized spacial score (nSPS) is 11.7. The predicted octanol–water partition coefficient (Wildman–Crippen LogP) is 4.28. The van der Waals surface area contributed by atoms with Gasteiger partial charge in [-0.3, -0.25) is 9.78 Å². The van der Waals surface area contributed by atoms with Crippen LogP contribution in [0.5, 0.6) is 5.75 Å². The number of ether oxygens (including phenoxy) is 1.